The largest absolute Gasteiger partial charge is 0.513 e. The second kappa shape index (κ2) is 5.81. The summed E-state index contributed by atoms with van der Waals surface area (Å²) in [4.78, 5) is 11.6. The molecule has 5 heteroatoms. The van der Waals surface area contributed by atoms with Crippen LogP contribution in [0.5, 0.6) is 5.75 Å². The third-order valence-electron chi connectivity index (χ3n) is 3.28. The van der Waals surface area contributed by atoms with Gasteiger partial charge in [-0.3, -0.25) is 0 Å². The molecule has 0 fully saturated rings. The first-order chi connectivity index (χ1) is 10.7. The average molecular weight is 296 g/mol. The number of nitrogens with two attached hydrogens (primary N) is 1. The van der Waals surface area contributed by atoms with E-state index in [0.717, 1.165) is 16.6 Å². The van der Waals surface area contributed by atoms with Crippen LogP contribution < -0.4 is 10.5 Å². The summed E-state index contributed by atoms with van der Waals surface area (Å²) >= 11 is 0. The monoisotopic (exact) mass is 296 g/mol. The smallest absolute Gasteiger partial charge is 0.434 e. The number of hydrogen-bond acceptors (Lipinski definition) is 4. The fourth-order valence-electron chi connectivity index (χ4n) is 2.34. The number of benzene rings is 2. The predicted molar refractivity (Wildman–Crippen MR) is 85.3 cm³/mol. The number of anilines is 1. The highest BCUT2D eigenvalue weighted by atomic mass is 16.7. The fraction of sp³-hybridized carbons (Fsp3) is 0.118. The van der Waals surface area contributed by atoms with Crippen molar-refractivity contribution in [1.82, 2.24) is 4.57 Å². The van der Waals surface area contributed by atoms with Crippen LogP contribution in [0.3, 0.4) is 0 Å². The molecular weight excluding hydrogens is 280 g/mol. The molecule has 0 aliphatic heterocycles. The molecule has 0 amide bonds. The SMILES string of the molecule is CCOC(=O)Oc1cn(-c2ccccc2)c2ccc(N)cc12. The molecule has 0 unspecified atom stereocenters. The number of rotatable bonds is 3. The molecule has 0 bridgehead atoms. The lowest BCUT2D eigenvalue weighted by atomic mass is 10.2. The van der Waals surface area contributed by atoms with Crippen LogP contribution in [0, 0.1) is 0 Å². The van der Waals surface area contributed by atoms with Gasteiger partial charge in [-0.05, 0) is 37.3 Å². The maximum Gasteiger partial charge on any atom is 0.513 e. The topological polar surface area (TPSA) is 66.5 Å². The predicted octanol–water partition coefficient (Wildman–Crippen LogP) is 3.75. The van der Waals surface area contributed by atoms with E-state index in [1.54, 1.807) is 19.2 Å². The Morgan fingerprint density at radius 2 is 1.95 bits per heavy atom. The van der Waals surface area contributed by atoms with Gasteiger partial charge in [-0.25, -0.2) is 4.79 Å². The summed E-state index contributed by atoms with van der Waals surface area (Å²) in [7, 11) is 0. The van der Waals surface area contributed by atoms with Gasteiger partial charge in [0.25, 0.3) is 0 Å². The lowest BCUT2D eigenvalue weighted by molar-refractivity contribution is 0.105. The van der Waals surface area contributed by atoms with Crippen molar-refractivity contribution in [2.24, 2.45) is 0 Å². The molecule has 0 aliphatic rings. The third-order valence-corrected chi connectivity index (χ3v) is 3.28. The summed E-state index contributed by atoms with van der Waals surface area (Å²) in [6.07, 6.45) is 1.04. The van der Waals surface area contributed by atoms with Gasteiger partial charge in [0, 0.05) is 16.8 Å². The highest BCUT2D eigenvalue weighted by molar-refractivity contribution is 5.92. The van der Waals surface area contributed by atoms with E-state index in [2.05, 4.69) is 0 Å². The molecule has 2 aromatic carbocycles. The van der Waals surface area contributed by atoms with E-state index < -0.39 is 6.16 Å². The van der Waals surface area contributed by atoms with E-state index in [1.165, 1.54) is 0 Å². The van der Waals surface area contributed by atoms with Crippen LogP contribution in [0.2, 0.25) is 0 Å². The Bertz CT molecular complexity index is 809. The highest BCUT2D eigenvalue weighted by Crippen LogP contribution is 2.32. The Kier molecular flexibility index (Phi) is 3.70. The molecule has 0 spiro atoms. The Hall–Kier alpha value is -2.95. The van der Waals surface area contributed by atoms with E-state index >= 15 is 0 Å². The van der Waals surface area contributed by atoms with Crippen LogP contribution in [0.15, 0.2) is 54.7 Å². The van der Waals surface area contributed by atoms with Gasteiger partial charge >= 0.3 is 6.16 Å². The van der Waals surface area contributed by atoms with Crippen LogP contribution >= 0.6 is 0 Å². The Morgan fingerprint density at radius 1 is 1.18 bits per heavy atom. The Morgan fingerprint density at radius 3 is 2.68 bits per heavy atom. The number of nitrogens with zero attached hydrogens (tertiary/aromatic N) is 1. The van der Waals surface area contributed by atoms with E-state index in [-0.39, 0.29) is 6.61 Å². The zero-order chi connectivity index (χ0) is 15.5. The molecule has 0 aliphatic carbocycles. The Balaban J connectivity index is 2.12. The molecule has 0 radical (unpaired) electrons. The second-order valence-corrected chi connectivity index (χ2v) is 4.76. The van der Waals surface area contributed by atoms with Crippen LogP contribution in [0.4, 0.5) is 10.5 Å². The van der Waals surface area contributed by atoms with Crippen molar-refractivity contribution >= 4 is 22.7 Å². The fourth-order valence-corrected chi connectivity index (χ4v) is 2.34. The zero-order valence-electron chi connectivity index (χ0n) is 12.2. The number of ether oxygens (including phenoxy) is 2. The van der Waals surface area contributed by atoms with Crippen molar-refractivity contribution < 1.29 is 14.3 Å². The molecule has 0 saturated heterocycles. The molecule has 1 heterocycles. The van der Waals surface area contributed by atoms with Crippen molar-refractivity contribution in [3.05, 3.63) is 54.7 Å². The first kappa shape index (κ1) is 14.0. The maximum atomic E-state index is 11.6. The molecule has 0 saturated carbocycles. The van der Waals surface area contributed by atoms with Crippen molar-refractivity contribution in [3.63, 3.8) is 0 Å². The Labute approximate surface area is 127 Å². The van der Waals surface area contributed by atoms with E-state index in [4.69, 9.17) is 15.2 Å². The molecular formula is C17H16N2O3. The summed E-state index contributed by atoms with van der Waals surface area (Å²) in [5.74, 6) is 0.421. The normalized spacial score (nSPS) is 10.6. The number of carbonyl (C=O) groups is 1. The zero-order valence-corrected chi connectivity index (χ0v) is 12.2. The van der Waals surface area contributed by atoms with Crippen molar-refractivity contribution in [2.45, 2.75) is 6.92 Å². The first-order valence-corrected chi connectivity index (χ1v) is 6.99. The maximum absolute atomic E-state index is 11.6. The molecule has 112 valence electrons. The quantitative estimate of drug-likeness (QED) is 0.590. The van der Waals surface area contributed by atoms with E-state index in [0.29, 0.717) is 11.4 Å². The van der Waals surface area contributed by atoms with Crippen LogP contribution in [0.25, 0.3) is 16.6 Å². The lowest BCUT2D eigenvalue weighted by Gasteiger charge is -2.04. The number of hydrogen-bond donors (Lipinski definition) is 1. The number of fused-ring (bicyclic) bond motifs is 1. The van der Waals surface area contributed by atoms with Crippen LogP contribution in [-0.4, -0.2) is 17.3 Å². The standard InChI is InChI=1S/C17H16N2O3/c1-2-21-17(20)22-16-11-19(13-6-4-3-5-7-13)15-9-8-12(18)10-14(15)16/h3-11H,2,18H2,1H3. The molecule has 3 rings (SSSR count). The van der Waals surface area contributed by atoms with Gasteiger partial charge in [0.1, 0.15) is 0 Å². The number of para-hydroxylation sites is 1. The summed E-state index contributed by atoms with van der Waals surface area (Å²) in [6.45, 7) is 1.99. The van der Waals surface area contributed by atoms with Gasteiger partial charge in [0.05, 0.1) is 18.3 Å². The molecule has 3 aromatic rings. The molecule has 5 nitrogen and oxygen atoms in total. The third kappa shape index (κ3) is 2.61. The summed E-state index contributed by atoms with van der Waals surface area (Å²) in [6, 6.07) is 15.3. The van der Waals surface area contributed by atoms with Crippen molar-refractivity contribution in [2.75, 3.05) is 12.3 Å². The minimum Gasteiger partial charge on any atom is -0.434 e. The molecule has 2 N–H and O–H groups in total. The number of carbonyl (C=O) groups excluding carboxylic acids is 1. The number of nitrogen functional groups attached to an aromatic ring is 1. The van der Waals surface area contributed by atoms with Crippen LogP contribution in [-0.2, 0) is 4.74 Å². The van der Waals surface area contributed by atoms with Gasteiger partial charge in [0.2, 0.25) is 0 Å². The number of aromatic nitrogens is 1. The van der Waals surface area contributed by atoms with Gasteiger partial charge in [-0.2, -0.15) is 0 Å². The lowest BCUT2D eigenvalue weighted by Crippen LogP contribution is -2.09. The van der Waals surface area contributed by atoms with Crippen molar-refractivity contribution in [3.8, 4) is 11.4 Å². The minimum absolute atomic E-state index is 0.262. The summed E-state index contributed by atoms with van der Waals surface area (Å²) < 4.78 is 12.1. The second-order valence-electron chi connectivity index (χ2n) is 4.76. The molecule has 1 aromatic heterocycles. The van der Waals surface area contributed by atoms with E-state index in [9.17, 15) is 4.79 Å². The van der Waals surface area contributed by atoms with Gasteiger partial charge in [-0.1, -0.05) is 18.2 Å². The summed E-state index contributed by atoms with van der Waals surface area (Å²) in [5, 5.41) is 0.761. The first-order valence-electron chi connectivity index (χ1n) is 6.99. The average Bonchev–Trinajstić information content (AvgIpc) is 2.86. The van der Waals surface area contributed by atoms with Gasteiger partial charge in [0.15, 0.2) is 5.75 Å². The van der Waals surface area contributed by atoms with Crippen molar-refractivity contribution in [1.29, 1.82) is 0 Å². The minimum atomic E-state index is -0.725. The van der Waals surface area contributed by atoms with E-state index in [1.807, 2.05) is 47.0 Å². The molecule has 0 atom stereocenters. The molecule has 22 heavy (non-hydrogen) atoms. The highest BCUT2D eigenvalue weighted by Gasteiger charge is 2.15. The van der Waals surface area contributed by atoms with Gasteiger partial charge < -0.3 is 19.8 Å². The van der Waals surface area contributed by atoms with Crippen LogP contribution in [0.1, 0.15) is 6.92 Å². The summed E-state index contributed by atoms with van der Waals surface area (Å²) in [5.41, 5.74) is 8.32. The van der Waals surface area contributed by atoms with Gasteiger partial charge in [-0.15, -0.1) is 0 Å².